The van der Waals surface area contributed by atoms with E-state index < -0.39 is 71.5 Å². The minimum Gasteiger partial charge on any atom is -0.508 e. The van der Waals surface area contributed by atoms with Crippen LogP contribution in [0.2, 0.25) is 0 Å². The molecule has 0 amide bonds. The first-order valence-corrected chi connectivity index (χ1v) is 12.8. The Labute approximate surface area is 242 Å². The summed E-state index contributed by atoms with van der Waals surface area (Å²) in [5, 5.41) is 71.0. The summed E-state index contributed by atoms with van der Waals surface area (Å²) < 4.78 is 22.1. The molecule has 0 bridgehead atoms. The molecule has 1 aromatic heterocycles. The number of phenolic OH excluding ortho intramolecular Hbond substituents is 4. The van der Waals surface area contributed by atoms with Crippen LogP contribution in [-0.4, -0.2) is 79.0 Å². The maximum atomic E-state index is 12.9. The van der Waals surface area contributed by atoms with Crippen LogP contribution in [0, 0.1) is 0 Å². The second kappa shape index (κ2) is 12.0. The van der Waals surface area contributed by atoms with E-state index in [9.17, 15) is 45.3 Å². The van der Waals surface area contributed by atoms with Crippen LogP contribution in [0.3, 0.4) is 0 Å². The molecule has 0 saturated carbocycles. The molecular weight excluding hydrogens is 568 g/mol. The van der Waals surface area contributed by atoms with Gasteiger partial charge in [-0.15, -0.1) is 0 Å². The summed E-state index contributed by atoms with van der Waals surface area (Å²) in [6, 6.07) is 13.5. The summed E-state index contributed by atoms with van der Waals surface area (Å²) in [7, 11) is 0. The van der Waals surface area contributed by atoms with Gasteiger partial charge in [-0.3, -0.25) is 4.79 Å². The molecule has 1 saturated heterocycles. The van der Waals surface area contributed by atoms with E-state index in [2.05, 4.69) is 0 Å². The summed E-state index contributed by atoms with van der Waals surface area (Å²) in [5.74, 6) is -2.71. The lowest BCUT2D eigenvalue weighted by atomic mass is 9.99. The second-order valence-corrected chi connectivity index (χ2v) is 9.66. The fraction of sp³-hybridized carbons (Fsp3) is 0.200. The summed E-state index contributed by atoms with van der Waals surface area (Å²) in [6.07, 6.45) is -6.12. The van der Waals surface area contributed by atoms with Gasteiger partial charge < -0.3 is 54.4 Å². The summed E-state index contributed by atoms with van der Waals surface area (Å²) in [6.45, 7) is -0.577. The van der Waals surface area contributed by atoms with Crippen molar-refractivity contribution in [1.29, 1.82) is 0 Å². The van der Waals surface area contributed by atoms with Crippen LogP contribution in [0.5, 0.6) is 28.7 Å². The zero-order valence-electron chi connectivity index (χ0n) is 22.1. The number of hydrogen-bond donors (Lipinski definition) is 7. The van der Waals surface area contributed by atoms with Crippen molar-refractivity contribution in [1.82, 2.24) is 0 Å². The molecule has 0 radical (unpaired) electrons. The molecule has 13 nitrogen and oxygen atoms in total. The van der Waals surface area contributed by atoms with Crippen molar-refractivity contribution < 1.29 is 59.2 Å². The van der Waals surface area contributed by atoms with Crippen LogP contribution in [0.4, 0.5) is 0 Å². The lowest BCUT2D eigenvalue weighted by Gasteiger charge is -2.39. The number of aromatic hydroxyl groups is 4. The van der Waals surface area contributed by atoms with Crippen LogP contribution >= 0.6 is 0 Å². The number of ether oxygens (including phenoxy) is 3. The first kappa shape index (κ1) is 29.4. The molecule has 3 aromatic carbocycles. The Morgan fingerprint density at radius 1 is 0.837 bits per heavy atom. The summed E-state index contributed by atoms with van der Waals surface area (Å²) in [4.78, 5) is 25.1. The molecule has 1 aliphatic heterocycles. The van der Waals surface area contributed by atoms with Crippen LogP contribution in [0.1, 0.15) is 5.56 Å². The highest BCUT2D eigenvalue weighted by Crippen LogP contribution is 2.42. The SMILES string of the molecule is O=C(/C=C/c1ccc(O)cc1)OCC1O[C@@H](Oc2c(O)cc(O)c3c(=O)cc(-c4ccc(O)cc4)oc23)C(O)[C@@H](O)[C@@H]1O. The van der Waals surface area contributed by atoms with Gasteiger partial charge in [0.2, 0.25) is 12.0 Å². The first-order chi connectivity index (χ1) is 20.5. The van der Waals surface area contributed by atoms with Crippen LogP contribution in [0.25, 0.3) is 28.4 Å². The number of phenols is 4. The van der Waals surface area contributed by atoms with Crippen LogP contribution in [0.15, 0.2) is 76.0 Å². The molecule has 13 heteroatoms. The van der Waals surface area contributed by atoms with Gasteiger partial charge in [0.25, 0.3) is 0 Å². The highest BCUT2D eigenvalue weighted by molar-refractivity contribution is 5.91. The average molecular weight is 595 g/mol. The molecule has 43 heavy (non-hydrogen) atoms. The van der Waals surface area contributed by atoms with E-state index in [0.717, 1.165) is 18.2 Å². The average Bonchev–Trinajstić information content (AvgIpc) is 2.98. The molecule has 4 aromatic rings. The third-order valence-electron chi connectivity index (χ3n) is 6.67. The number of hydrogen-bond acceptors (Lipinski definition) is 13. The van der Waals surface area contributed by atoms with Crippen LogP contribution < -0.4 is 10.2 Å². The third kappa shape index (κ3) is 6.24. The molecule has 1 fully saturated rings. The van der Waals surface area contributed by atoms with Gasteiger partial charge in [0.1, 0.15) is 59.4 Å². The van der Waals surface area contributed by atoms with Crippen molar-refractivity contribution >= 4 is 23.0 Å². The molecule has 0 spiro atoms. The Hall–Kier alpha value is -5.08. The van der Waals surface area contributed by atoms with Gasteiger partial charge in [0.05, 0.1) is 0 Å². The van der Waals surface area contributed by atoms with E-state index in [4.69, 9.17) is 18.6 Å². The van der Waals surface area contributed by atoms with Gasteiger partial charge in [0.15, 0.2) is 16.8 Å². The van der Waals surface area contributed by atoms with Gasteiger partial charge in [-0.25, -0.2) is 4.79 Å². The number of aliphatic hydroxyl groups excluding tert-OH is 3. The number of fused-ring (bicyclic) bond motifs is 1. The van der Waals surface area contributed by atoms with E-state index in [1.807, 2.05) is 0 Å². The zero-order chi connectivity index (χ0) is 30.8. The maximum Gasteiger partial charge on any atom is 0.330 e. The molecule has 1 aliphatic rings. The van der Waals surface area contributed by atoms with E-state index in [1.165, 1.54) is 42.5 Å². The Kier molecular flexibility index (Phi) is 8.23. The predicted molar refractivity (Wildman–Crippen MR) is 148 cm³/mol. The number of carbonyl (C=O) groups excluding carboxylic acids is 1. The number of aliphatic hydroxyl groups is 3. The lowest BCUT2D eigenvalue weighted by Crippen LogP contribution is -2.60. The first-order valence-electron chi connectivity index (χ1n) is 12.8. The number of benzene rings is 3. The van der Waals surface area contributed by atoms with Crippen molar-refractivity contribution in [2.45, 2.75) is 30.7 Å². The Morgan fingerprint density at radius 2 is 1.49 bits per heavy atom. The maximum absolute atomic E-state index is 12.9. The zero-order valence-corrected chi connectivity index (χ0v) is 22.1. The molecule has 5 rings (SSSR count). The Balaban J connectivity index is 1.39. The van der Waals surface area contributed by atoms with Crippen molar-refractivity contribution in [3.05, 3.63) is 82.5 Å². The fourth-order valence-electron chi connectivity index (χ4n) is 4.39. The molecule has 224 valence electrons. The van der Waals surface area contributed by atoms with E-state index in [-0.39, 0.29) is 22.6 Å². The Morgan fingerprint density at radius 3 is 2.16 bits per heavy atom. The summed E-state index contributed by atoms with van der Waals surface area (Å²) >= 11 is 0. The van der Waals surface area contributed by atoms with Crippen molar-refractivity contribution in [2.24, 2.45) is 0 Å². The quantitative estimate of drug-likeness (QED) is 0.120. The second-order valence-electron chi connectivity index (χ2n) is 9.66. The molecule has 0 aliphatic carbocycles. The van der Waals surface area contributed by atoms with Crippen LogP contribution in [-0.2, 0) is 14.3 Å². The van der Waals surface area contributed by atoms with E-state index in [1.54, 1.807) is 12.1 Å². The molecular formula is C30H26O13. The van der Waals surface area contributed by atoms with Gasteiger partial charge >= 0.3 is 5.97 Å². The predicted octanol–water partition coefficient (Wildman–Crippen LogP) is 1.73. The lowest BCUT2D eigenvalue weighted by molar-refractivity contribution is -0.278. The van der Waals surface area contributed by atoms with Gasteiger partial charge in [-0.1, -0.05) is 12.1 Å². The number of esters is 1. The number of rotatable bonds is 7. The minimum atomic E-state index is -1.88. The van der Waals surface area contributed by atoms with Gasteiger partial charge in [0, 0.05) is 23.8 Å². The van der Waals surface area contributed by atoms with Crippen molar-refractivity contribution in [2.75, 3.05) is 6.61 Å². The highest BCUT2D eigenvalue weighted by atomic mass is 16.7. The van der Waals surface area contributed by atoms with Gasteiger partial charge in [-0.05, 0) is 48.0 Å². The van der Waals surface area contributed by atoms with Crippen molar-refractivity contribution in [3.8, 4) is 40.1 Å². The monoisotopic (exact) mass is 594 g/mol. The molecule has 2 unspecified atom stereocenters. The molecule has 2 heterocycles. The summed E-state index contributed by atoms with van der Waals surface area (Å²) in [5.41, 5.74) is -0.180. The fourth-order valence-corrected chi connectivity index (χ4v) is 4.39. The standard InChI is InChI=1S/C30H26O13/c31-16-6-1-14(2-7-16)3-10-23(36)40-13-22-25(37)26(38)27(39)30(42-22)43-28-20(35)11-18(33)24-19(34)12-21(41-29(24)28)15-4-8-17(32)9-5-15/h1-12,22,25-27,30-33,35,37-39H,13H2/b10-3+/t22?,25-,26+,27?,30+/m1/s1. The number of carbonyl (C=O) groups is 1. The smallest absolute Gasteiger partial charge is 0.330 e. The largest absolute Gasteiger partial charge is 0.508 e. The topological polar surface area (TPSA) is 217 Å². The van der Waals surface area contributed by atoms with Crippen molar-refractivity contribution in [3.63, 3.8) is 0 Å². The van der Waals surface area contributed by atoms with E-state index in [0.29, 0.717) is 11.1 Å². The molecule has 7 N–H and O–H groups in total. The third-order valence-corrected chi connectivity index (χ3v) is 6.67. The normalized spacial score (nSPS) is 22.1. The van der Waals surface area contributed by atoms with Gasteiger partial charge in [-0.2, -0.15) is 0 Å². The minimum absolute atomic E-state index is 0.0157. The highest BCUT2D eigenvalue weighted by Gasteiger charge is 2.46. The van der Waals surface area contributed by atoms with E-state index >= 15 is 0 Å². The molecule has 5 atom stereocenters. The Bertz CT molecular complexity index is 1710.